The Morgan fingerprint density at radius 2 is 1.88 bits per heavy atom. The summed E-state index contributed by atoms with van der Waals surface area (Å²) in [5.74, 6) is 0.305. The summed E-state index contributed by atoms with van der Waals surface area (Å²) >= 11 is 0. The minimum absolute atomic E-state index is 0.301. The van der Waals surface area contributed by atoms with Gasteiger partial charge < -0.3 is 14.7 Å². The highest BCUT2D eigenvalue weighted by Crippen LogP contribution is 2.11. The fourth-order valence-electron chi connectivity index (χ4n) is 1.08. The van der Waals surface area contributed by atoms with Crippen molar-refractivity contribution in [3.8, 4) is 5.75 Å². The van der Waals surface area contributed by atoms with Crippen LogP contribution in [-0.4, -0.2) is 32.0 Å². The van der Waals surface area contributed by atoms with E-state index < -0.39 is 17.3 Å². The molecule has 1 aromatic rings. The van der Waals surface area contributed by atoms with Gasteiger partial charge in [0.25, 0.3) is 0 Å². The molecule has 0 fully saturated rings. The van der Waals surface area contributed by atoms with Crippen LogP contribution in [0.5, 0.6) is 5.75 Å². The van der Waals surface area contributed by atoms with Gasteiger partial charge in [0, 0.05) is 6.54 Å². The molecule has 4 N–H and O–H groups in total. The van der Waals surface area contributed by atoms with Gasteiger partial charge in [0.15, 0.2) is 0 Å². The maximum Gasteiger partial charge on any atom is 0.707 e. The zero-order valence-electron chi connectivity index (χ0n) is 9.12. The first-order valence-electron chi connectivity index (χ1n) is 4.68. The quantitative estimate of drug-likeness (QED) is 0.369. The molecule has 0 radical (unpaired) electrons. The molecule has 0 aromatic heterocycles. The monoisotopic (exact) mass is 260 g/mol. The molecule has 0 atom stereocenters. The van der Waals surface area contributed by atoms with Crippen molar-refractivity contribution in [2.75, 3.05) is 6.26 Å². The van der Waals surface area contributed by atoms with E-state index in [0.717, 1.165) is 11.8 Å². The summed E-state index contributed by atoms with van der Waals surface area (Å²) in [6.07, 6.45) is 1.04. The van der Waals surface area contributed by atoms with Gasteiger partial charge in [-0.1, -0.05) is 12.1 Å². The Kier molecular flexibility index (Phi) is 4.91. The standard InChI is InChI=1S/C8H13BN2O5S/c1-17(14,15)11-10-6-7-2-4-8(5-3-7)16-9(12)13/h2-5,10-13H,6H2,1H3. The second-order valence-corrected chi connectivity index (χ2v) is 5.06. The van der Waals surface area contributed by atoms with Crippen LogP contribution in [0.3, 0.4) is 0 Å². The van der Waals surface area contributed by atoms with Crippen molar-refractivity contribution in [1.82, 2.24) is 10.3 Å². The fraction of sp³-hybridized carbons (Fsp3) is 0.250. The summed E-state index contributed by atoms with van der Waals surface area (Å²) in [6.45, 7) is 0.301. The predicted octanol–water partition coefficient (Wildman–Crippen LogP) is -1.41. The second-order valence-electron chi connectivity index (χ2n) is 3.32. The van der Waals surface area contributed by atoms with E-state index in [1.807, 2.05) is 0 Å². The number of hydrazine groups is 1. The lowest BCUT2D eigenvalue weighted by molar-refractivity contribution is 0.288. The molecule has 0 aliphatic heterocycles. The Balaban J connectivity index is 2.46. The lowest BCUT2D eigenvalue weighted by atomic mass is 10.2. The zero-order valence-corrected chi connectivity index (χ0v) is 9.94. The average Bonchev–Trinajstić information content (AvgIpc) is 2.18. The van der Waals surface area contributed by atoms with Gasteiger partial charge in [-0.05, 0) is 17.7 Å². The first-order chi connectivity index (χ1) is 7.87. The number of nitrogens with one attached hydrogen (secondary N) is 2. The Morgan fingerprint density at radius 1 is 1.29 bits per heavy atom. The molecule has 7 nitrogen and oxygen atoms in total. The number of sulfonamides is 1. The van der Waals surface area contributed by atoms with Crippen LogP contribution in [0.15, 0.2) is 24.3 Å². The van der Waals surface area contributed by atoms with Gasteiger partial charge in [-0.25, -0.2) is 13.8 Å². The van der Waals surface area contributed by atoms with Crippen LogP contribution >= 0.6 is 0 Å². The molecular formula is C8H13BN2O5S. The molecular weight excluding hydrogens is 247 g/mol. The molecule has 0 bridgehead atoms. The molecule has 9 heteroatoms. The molecule has 0 saturated heterocycles. The van der Waals surface area contributed by atoms with Gasteiger partial charge in [0.2, 0.25) is 10.0 Å². The van der Waals surface area contributed by atoms with Crippen molar-refractivity contribution in [2.24, 2.45) is 0 Å². The molecule has 0 aliphatic carbocycles. The molecule has 0 unspecified atom stereocenters. The van der Waals surface area contributed by atoms with Crippen LogP contribution in [0.2, 0.25) is 0 Å². The molecule has 1 aromatic carbocycles. The van der Waals surface area contributed by atoms with E-state index in [1.165, 1.54) is 12.1 Å². The third-order valence-electron chi connectivity index (χ3n) is 1.71. The van der Waals surface area contributed by atoms with Crippen LogP contribution in [0.25, 0.3) is 0 Å². The zero-order chi connectivity index (χ0) is 12.9. The SMILES string of the molecule is CS(=O)(=O)NNCc1ccc(OB(O)O)cc1. The van der Waals surface area contributed by atoms with E-state index in [0.29, 0.717) is 12.3 Å². The van der Waals surface area contributed by atoms with Crippen LogP contribution in [0.4, 0.5) is 0 Å². The molecule has 94 valence electrons. The van der Waals surface area contributed by atoms with E-state index in [1.54, 1.807) is 12.1 Å². The average molecular weight is 260 g/mol. The highest BCUT2D eigenvalue weighted by Gasteiger charge is 2.10. The predicted molar refractivity (Wildman–Crippen MR) is 62.1 cm³/mol. The lowest BCUT2D eigenvalue weighted by Gasteiger charge is -2.07. The topological polar surface area (TPSA) is 108 Å². The summed E-state index contributed by atoms with van der Waals surface area (Å²) < 4.78 is 26.1. The van der Waals surface area contributed by atoms with Gasteiger partial charge in [0.1, 0.15) is 5.75 Å². The van der Waals surface area contributed by atoms with Gasteiger partial charge in [-0.15, -0.1) is 0 Å². The number of hydrogen-bond acceptors (Lipinski definition) is 6. The Bertz CT molecular complexity index is 447. The normalized spacial score (nSPS) is 11.2. The first kappa shape index (κ1) is 13.9. The molecule has 0 amide bonds. The summed E-state index contributed by atoms with van der Waals surface area (Å²) in [5, 5.41) is 17.1. The summed E-state index contributed by atoms with van der Waals surface area (Å²) in [7, 11) is -5.13. The summed E-state index contributed by atoms with van der Waals surface area (Å²) in [5.41, 5.74) is 3.33. The van der Waals surface area contributed by atoms with Crippen molar-refractivity contribution in [1.29, 1.82) is 0 Å². The number of hydrogen-bond donors (Lipinski definition) is 4. The Hall–Kier alpha value is -1.13. The Labute approximate surface area is 99.6 Å². The van der Waals surface area contributed by atoms with Crippen LogP contribution in [0, 0.1) is 0 Å². The summed E-state index contributed by atoms with van der Waals surface area (Å²) in [4.78, 5) is 2.13. The van der Waals surface area contributed by atoms with E-state index >= 15 is 0 Å². The second kappa shape index (κ2) is 5.98. The van der Waals surface area contributed by atoms with Crippen LogP contribution in [-0.2, 0) is 16.6 Å². The van der Waals surface area contributed by atoms with Crippen molar-refractivity contribution >= 4 is 17.3 Å². The molecule has 17 heavy (non-hydrogen) atoms. The maximum atomic E-state index is 10.7. The largest absolute Gasteiger partial charge is 0.707 e. The van der Waals surface area contributed by atoms with E-state index in [4.69, 9.17) is 10.0 Å². The molecule has 0 saturated carbocycles. The molecule has 1 rings (SSSR count). The first-order valence-corrected chi connectivity index (χ1v) is 6.57. The highest BCUT2D eigenvalue weighted by atomic mass is 32.2. The number of rotatable bonds is 6. The Morgan fingerprint density at radius 3 is 2.35 bits per heavy atom. The molecule has 0 aliphatic rings. The van der Waals surface area contributed by atoms with Crippen molar-refractivity contribution < 1.29 is 23.1 Å². The van der Waals surface area contributed by atoms with Crippen molar-refractivity contribution in [3.63, 3.8) is 0 Å². The maximum absolute atomic E-state index is 10.7. The van der Waals surface area contributed by atoms with Gasteiger partial charge in [0.05, 0.1) is 6.26 Å². The smallest absolute Gasteiger partial charge is 0.512 e. The lowest BCUT2D eigenvalue weighted by Crippen LogP contribution is -2.35. The van der Waals surface area contributed by atoms with Gasteiger partial charge in [-0.2, -0.15) is 4.83 Å². The van der Waals surface area contributed by atoms with E-state index in [2.05, 4.69) is 14.9 Å². The van der Waals surface area contributed by atoms with Gasteiger partial charge >= 0.3 is 7.32 Å². The fourth-order valence-corrected chi connectivity index (χ4v) is 1.41. The van der Waals surface area contributed by atoms with E-state index in [-0.39, 0.29) is 0 Å². The van der Waals surface area contributed by atoms with Gasteiger partial charge in [-0.3, -0.25) is 0 Å². The van der Waals surface area contributed by atoms with Crippen molar-refractivity contribution in [3.05, 3.63) is 29.8 Å². The number of benzene rings is 1. The summed E-state index contributed by atoms with van der Waals surface area (Å²) in [6, 6.07) is 6.40. The molecule has 0 spiro atoms. The minimum Gasteiger partial charge on any atom is -0.512 e. The third-order valence-corrected chi connectivity index (χ3v) is 2.23. The van der Waals surface area contributed by atoms with Crippen molar-refractivity contribution in [2.45, 2.75) is 6.54 Å². The highest BCUT2D eigenvalue weighted by molar-refractivity contribution is 7.88. The van der Waals surface area contributed by atoms with Crippen LogP contribution < -0.4 is 14.9 Å². The van der Waals surface area contributed by atoms with Crippen LogP contribution in [0.1, 0.15) is 5.56 Å². The minimum atomic E-state index is -3.27. The third kappa shape index (κ3) is 6.24. The van der Waals surface area contributed by atoms with E-state index in [9.17, 15) is 8.42 Å². The molecule has 0 heterocycles.